The van der Waals surface area contributed by atoms with Crippen molar-refractivity contribution in [3.8, 4) is 0 Å². The Labute approximate surface area is 381 Å². The van der Waals surface area contributed by atoms with Crippen LogP contribution in [0.4, 0.5) is 34.1 Å². The minimum atomic E-state index is 0.872. The fourth-order valence-corrected chi connectivity index (χ4v) is 12.6. The highest BCUT2D eigenvalue weighted by atomic mass is 32.1. The van der Waals surface area contributed by atoms with Crippen LogP contribution in [-0.4, -0.2) is 0 Å². The molecule has 0 saturated heterocycles. The summed E-state index contributed by atoms with van der Waals surface area (Å²) in [7, 11) is 0. The lowest BCUT2D eigenvalue weighted by Gasteiger charge is -2.26. The maximum Gasteiger partial charge on any atom is 0.136 e. The molecule has 0 N–H and O–H groups in total. The van der Waals surface area contributed by atoms with E-state index < -0.39 is 0 Å². The topological polar surface area (TPSA) is 19.6 Å². The Morgan fingerprint density at radius 3 is 1.51 bits per heavy atom. The van der Waals surface area contributed by atoms with E-state index in [9.17, 15) is 0 Å². The van der Waals surface area contributed by atoms with Gasteiger partial charge in [0.2, 0.25) is 0 Å². The van der Waals surface area contributed by atoms with Crippen molar-refractivity contribution in [3.63, 3.8) is 0 Å². The van der Waals surface area contributed by atoms with Gasteiger partial charge in [0.1, 0.15) is 11.2 Å². The first kappa shape index (κ1) is 36.5. The predicted molar refractivity (Wildman–Crippen MR) is 281 cm³/mol. The van der Waals surface area contributed by atoms with Gasteiger partial charge >= 0.3 is 0 Å². The summed E-state index contributed by atoms with van der Waals surface area (Å²) in [6.45, 7) is 0. The number of anilines is 6. The number of para-hydroxylation sites is 2. The van der Waals surface area contributed by atoms with Crippen LogP contribution in [0.5, 0.6) is 0 Å². The van der Waals surface area contributed by atoms with Gasteiger partial charge < -0.3 is 14.2 Å². The molecule has 14 rings (SSSR count). The maximum absolute atomic E-state index is 6.79. The van der Waals surface area contributed by atoms with Gasteiger partial charge in [-0.3, -0.25) is 0 Å². The van der Waals surface area contributed by atoms with E-state index in [0.717, 1.165) is 56.1 Å². The van der Waals surface area contributed by atoms with Crippen molar-refractivity contribution < 1.29 is 4.42 Å². The van der Waals surface area contributed by atoms with Crippen LogP contribution in [-0.2, 0) is 0 Å². The van der Waals surface area contributed by atoms with Gasteiger partial charge in [0.05, 0.1) is 10.4 Å². The first-order valence-electron chi connectivity index (χ1n) is 22.0. The highest BCUT2D eigenvalue weighted by Gasteiger charge is 2.22. The molecule has 0 saturated carbocycles. The van der Waals surface area contributed by atoms with Gasteiger partial charge in [0, 0.05) is 74.9 Å². The molecule has 0 spiro atoms. The number of thiophene rings is 2. The van der Waals surface area contributed by atoms with E-state index in [-0.39, 0.29) is 0 Å². The third-order valence-corrected chi connectivity index (χ3v) is 15.5. The number of rotatable bonds is 6. The van der Waals surface area contributed by atoms with Crippen molar-refractivity contribution in [2.75, 3.05) is 9.80 Å². The Bertz CT molecular complexity index is 4200. The summed E-state index contributed by atoms with van der Waals surface area (Å²) in [5, 5.41) is 14.6. The molecule has 0 bridgehead atoms. The zero-order valence-corrected chi connectivity index (χ0v) is 36.5. The fraction of sp³-hybridized carbons (Fsp3) is 0. The lowest BCUT2D eigenvalue weighted by atomic mass is 9.92. The Hall–Kier alpha value is -7.96. The minimum Gasteiger partial charge on any atom is -0.456 e. The van der Waals surface area contributed by atoms with Crippen LogP contribution >= 0.6 is 22.7 Å². The van der Waals surface area contributed by atoms with Crippen LogP contribution < -0.4 is 9.80 Å². The minimum absolute atomic E-state index is 0.872. The van der Waals surface area contributed by atoms with Crippen LogP contribution in [0.15, 0.2) is 223 Å². The number of furan rings is 1. The zero-order valence-electron chi connectivity index (χ0n) is 34.9. The molecule has 0 atom stereocenters. The molecule has 0 radical (unpaired) electrons. The van der Waals surface area contributed by atoms with Crippen molar-refractivity contribution in [1.29, 1.82) is 0 Å². The monoisotopic (exact) mass is 864 g/mol. The molecule has 65 heavy (non-hydrogen) atoms. The molecule has 14 aromatic rings. The molecule has 3 aromatic heterocycles. The molecule has 0 fully saturated rings. The number of fused-ring (bicyclic) bond motifs is 15. The smallest absolute Gasteiger partial charge is 0.136 e. The highest BCUT2D eigenvalue weighted by Crippen LogP contribution is 2.48. The van der Waals surface area contributed by atoms with Gasteiger partial charge in [-0.15, -0.1) is 22.7 Å². The number of benzene rings is 11. The zero-order chi connectivity index (χ0) is 42.6. The SMILES string of the molecule is c1ccc(N(c2ccc3sc4ccccc4c3c2)c2ccc3c(c2)c2ccccc2c2cc4c(cc32)oc2ccc(N(c3ccccc3)c3cccc5c3sc3ccccc35)cc24)cc1. The Morgan fingerprint density at radius 2 is 0.754 bits per heavy atom. The second-order valence-electron chi connectivity index (χ2n) is 16.8. The molecule has 3 nitrogen and oxygen atoms in total. The Balaban J connectivity index is 0.956. The van der Waals surface area contributed by atoms with Gasteiger partial charge in [-0.2, -0.15) is 0 Å². The number of hydrogen-bond donors (Lipinski definition) is 0. The van der Waals surface area contributed by atoms with E-state index in [0.29, 0.717) is 0 Å². The van der Waals surface area contributed by atoms with Crippen molar-refractivity contribution in [3.05, 3.63) is 218 Å². The van der Waals surface area contributed by atoms with E-state index in [2.05, 4.69) is 228 Å². The van der Waals surface area contributed by atoms with E-state index >= 15 is 0 Å². The molecule has 11 aromatic carbocycles. The van der Waals surface area contributed by atoms with Crippen LogP contribution in [0.1, 0.15) is 0 Å². The average molecular weight is 865 g/mol. The van der Waals surface area contributed by atoms with Crippen LogP contribution in [0.25, 0.3) is 94.6 Å². The van der Waals surface area contributed by atoms with Gasteiger partial charge in [-0.1, -0.05) is 115 Å². The Morgan fingerprint density at radius 1 is 0.262 bits per heavy atom. The van der Waals surface area contributed by atoms with Gasteiger partial charge in [-0.05, 0) is 135 Å². The maximum atomic E-state index is 6.79. The van der Waals surface area contributed by atoms with E-state index in [1.165, 1.54) is 72.7 Å². The quantitative estimate of drug-likeness (QED) is 0.155. The van der Waals surface area contributed by atoms with E-state index in [1.54, 1.807) is 0 Å². The second-order valence-corrected chi connectivity index (χ2v) is 19.0. The Kier molecular flexibility index (Phi) is 8.02. The second kappa shape index (κ2) is 14.3. The van der Waals surface area contributed by atoms with Crippen molar-refractivity contribution in [1.82, 2.24) is 0 Å². The van der Waals surface area contributed by atoms with Crippen molar-refractivity contribution in [2.24, 2.45) is 0 Å². The first-order chi connectivity index (χ1) is 32.2. The number of nitrogens with zero attached hydrogens (tertiary/aromatic N) is 2. The summed E-state index contributed by atoms with van der Waals surface area (Å²) < 4.78 is 12.0. The third-order valence-electron chi connectivity index (χ3n) is 13.2. The molecular formula is C60H36N2OS2. The highest BCUT2D eigenvalue weighted by molar-refractivity contribution is 7.26. The summed E-state index contributed by atoms with van der Waals surface area (Å²) in [4.78, 5) is 4.79. The first-order valence-corrected chi connectivity index (χ1v) is 23.6. The molecule has 0 amide bonds. The van der Waals surface area contributed by atoms with Crippen LogP contribution in [0.2, 0.25) is 0 Å². The summed E-state index contributed by atoms with van der Waals surface area (Å²) in [5.41, 5.74) is 8.47. The van der Waals surface area contributed by atoms with Crippen LogP contribution in [0.3, 0.4) is 0 Å². The molecule has 0 unspecified atom stereocenters. The molecule has 0 aliphatic heterocycles. The van der Waals surface area contributed by atoms with Gasteiger partial charge in [0.25, 0.3) is 0 Å². The molecule has 0 aliphatic rings. The third kappa shape index (κ3) is 5.66. The van der Waals surface area contributed by atoms with Crippen molar-refractivity contribution in [2.45, 2.75) is 0 Å². The number of hydrogen-bond acceptors (Lipinski definition) is 5. The normalized spacial score (nSPS) is 12.0. The lowest BCUT2D eigenvalue weighted by molar-refractivity contribution is 0.669. The van der Waals surface area contributed by atoms with Gasteiger partial charge in [0.15, 0.2) is 0 Å². The largest absolute Gasteiger partial charge is 0.456 e. The fourth-order valence-electron chi connectivity index (χ4n) is 10.3. The van der Waals surface area contributed by atoms with E-state index in [1.807, 2.05) is 22.7 Å². The molecule has 3 heterocycles. The van der Waals surface area contributed by atoms with E-state index in [4.69, 9.17) is 4.42 Å². The average Bonchev–Trinajstić information content (AvgIpc) is 4.05. The summed E-state index contributed by atoms with van der Waals surface area (Å²) in [5.74, 6) is 0. The molecular weight excluding hydrogens is 829 g/mol. The standard InChI is InChI=1S/C60H36N2OS2/c1-3-14-37(15-4-1)61(40-28-31-59-53(34-40)46-21-10-11-24-57(46)64-59)39-26-29-44-48(32-39)42-18-7-8-19-43(42)49-35-52-51-33-41(27-30-55(51)63-56(52)36-50(44)49)62(38-16-5-2-6-17-38)54-23-13-22-47-45-20-9-12-25-58(45)65-60(47)54/h1-36H. The van der Waals surface area contributed by atoms with Gasteiger partial charge in [-0.25, -0.2) is 0 Å². The van der Waals surface area contributed by atoms with Crippen molar-refractivity contribution >= 4 is 151 Å². The summed E-state index contributed by atoms with van der Waals surface area (Å²) >= 11 is 3.71. The summed E-state index contributed by atoms with van der Waals surface area (Å²) in [6, 6.07) is 79.6. The predicted octanol–water partition coefficient (Wildman–Crippen LogP) is 18.7. The lowest BCUT2D eigenvalue weighted by Crippen LogP contribution is -2.09. The van der Waals surface area contributed by atoms with Crippen LogP contribution in [0, 0.1) is 0 Å². The molecule has 0 aliphatic carbocycles. The summed E-state index contributed by atoms with van der Waals surface area (Å²) in [6.07, 6.45) is 0. The molecule has 304 valence electrons. The molecule has 5 heteroatoms.